The second kappa shape index (κ2) is 9.56. The third kappa shape index (κ3) is 4.82. The first-order valence-electron chi connectivity index (χ1n) is 11.2. The molecule has 1 aromatic carbocycles. The maximum absolute atomic E-state index is 12.5. The number of hydrogen-bond donors (Lipinski definition) is 3. The van der Waals surface area contributed by atoms with Gasteiger partial charge in [0.05, 0.1) is 25.2 Å². The topological polar surface area (TPSA) is 76.0 Å². The number of hydrogen-bond acceptors (Lipinski definition) is 5. The molecule has 2 saturated heterocycles. The largest absolute Gasteiger partial charge is 0.394 e. The number of carbonyl (C=O) groups is 1. The summed E-state index contributed by atoms with van der Waals surface area (Å²) < 4.78 is 0. The Morgan fingerprint density at radius 1 is 0.966 bits per heavy atom. The molecule has 2 heterocycles. The van der Waals surface area contributed by atoms with E-state index >= 15 is 0 Å². The third-order valence-corrected chi connectivity index (χ3v) is 7.17. The van der Waals surface area contributed by atoms with Gasteiger partial charge in [-0.3, -0.25) is 14.6 Å². The highest BCUT2D eigenvalue weighted by Gasteiger charge is 2.34. The van der Waals surface area contributed by atoms with Crippen molar-refractivity contribution in [2.75, 3.05) is 39.4 Å². The lowest BCUT2D eigenvalue weighted by Crippen LogP contribution is -2.53. The minimum Gasteiger partial charge on any atom is -0.394 e. The second-order valence-electron chi connectivity index (χ2n) is 9.00. The molecule has 3 N–H and O–H groups in total. The zero-order chi connectivity index (χ0) is 20.2. The van der Waals surface area contributed by atoms with Crippen molar-refractivity contribution in [2.24, 2.45) is 5.92 Å². The Balaban J connectivity index is 1.26. The molecule has 3 aliphatic rings. The van der Waals surface area contributed by atoms with Crippen LogP contribution in [0.2, 0.25) is 0 Å². The highest BCUT2D eigenvalue weighted by atomic mass is 16.3. The molecule has 1 aromatic rings. The van der Waals surface area contributed by atoms with Gasteiger partial charge in [0.25, 0.3) is 0 Å². The lowest BCUT2D eigenvalue weighted by atomic mass is 9.92. The number of benzene rings is 1. The summed E-state index contributed by atoms with van der Waals surface area (Å²) in [5.41, 5.74) is 3.04. The average molecular weight is 402 g/mol. The second-order valence-corrected chi connectivity index (χ2v) is 9.00. The van der Waals surface area contributed by atoms with E-state index in [1.807, 2.05) is 0 Å². The van der Waals surface area contributed by atoms with Gasteiger partial charge in [-0.05, 0) is 69.3 Å². The number of aliphatic hydroxyl groups is 2. The van der Waals surface area contributed by atoms with Crippen LogP contribution in [-0.2, 0) is 17.6 Å². The van der Waals surface area contributed by atoms with Gasteiger partial charge in [-0.25, -0.2) is 0 Å². The Labute approximate surface area is 173 Å². The minimum atomic E-state index is -0.545. The van der Waals surface area contributed by atoms with Crippen LogP contribution in [-0.4, -0.2) is 83.4 Å². The van der Waals surface area contributed by atoms with Crippen molar-refractivity contribution < 1.29 is 15.0 Å². The molecule has 0 saturated carbocycles. The molecule has 160 valence electrons. The van der Waals surface area contributed by atoms with E-state index in [0.717, 1.165) is 39.0 Å². The van der Waals surface area contributed by atoms with Gasteiger partial charge in [0.15, 0.2) is 0 Å². The Kier molecular flexibility index (Phi) is 6.85. The fourth-order valence-electron chi connectivity index (χ4n) is 5.43. The van der Waals surface area contributed by atoms with Crippen molar-refractivity contribution >= 4 is 5.91 Å². The standard InChI is InChI=1S/C23H35N3O3/c27-15-20(16-28)24-23(29)19-6-3-9-26(14-19)21-7-10-25(11-8-21)22-12-17-4-1-2-5-18(17)13-22/h1-2,4-5,19-22,27-28H,3,6-16H2,(H,24,29)/t19-/m1/s1. The Morgan fingerprint density at radius 2 is 1.62 bits per heavy atom. The number of nitrogens with zero attached hydrogens (tertiary/aromatic N) is 2. The van der Waals surface area contributed by atoms with E-state index in [2.05, 4.69) is 39.4 Å². The highest BCUT2D eigenvalue weighted by molar-refractivity contribution is 5.79. The molecule has 2 aliphatic heterocycles. The first kappa shape index (κ1) is 20.8. The molecule has 0 bridgehead atoms. The van der Waals surface area contributed by atoms with Crippen LogP contribution in [0, 0.1) is 5.92 Å². The molecular formula is C23H35N3O3. The van der Waals surface area contributed by atoms with Crippen LogP contribution in [0.3, 0.4) is 0 Å². The van der Waals surface area contributed by atoms with E-state index in [-0.39, 0.29) is 25.0 Å². The quantitative estimate of drug-likeness (QED) is 0.657. The molecule has 1 aliphatic carbocycles. The van der Waals surface area contributed by atoms with Crippen molar-refractivity contribution in [3.8, 4) is 0 Å². The fourth-order valence-corrected chi connectivity index (χ4v) is 5.43. The first-order valence-corrected chi connectivity index (χ1v) is 11.2. The molecule has 0 spiro atoms. The van der Waals surface area contributed by atoms with Gasteiger partial charge in [-0.1, -0.05) is 24.3 Å². The number of rotatable bonds is 6. The predicted molar refractivity (Wildman–Crippen MR) is 113 cm³/mol. The van der Waals surface area contributed by atoms with Crippen molar-refractivity contribution in [1.29, 1.82) is 0 Å². The molecule has 0 radical (unpaired) electrons. The number of fused-ring (bicyclic) bond motifs is 1. The number of nitrogens with one attached hydrogen (secondary N) is 1. The normalized spacial score (nSPS) is 24.7. The smallest absolute Gasteiger partial charge is 0.224 e. The fraction of sp³-hybridized carbons (Fsp3) is 0.696. The van der Waals surface area contributed by atoms with Crippen LogP contribution >= 0.6 is 0 Å². The number of carbonyl (C=O) groups excluding carboxylic acids is 1. The summed E-state index contributed by atoms with van der Waals surface area (Å²) in [5, 5.41) is 21.2. The Bertz CT molecular complexity index is 661. The lowest BCUT2D eigenvalue weighted by Gasteiger charge is -2.43. The van der Waals surface area contributed by atoms with Gasteiger partial charge in [0.1, 0.15) is 0 Å². The molecular weight excluding hydrogens is 366 g/mol. The average Bonchev–Trinajstić information content (AvgIpc) is 3.22. The van der Waals surface area contributed by atoms with Crippen molar-refractivity contribution in [3.05, 3.63) is 35.4 Å². The molecule has 1 atom stereocenters. The van der Waals surface area contributed by atoms with E-state index in [9.17, 15) is 15.0 Å². The Morgan fingerprint density at radius 3 is 2.24 bits per heavy atom. The van der Waals surface area contributed by atoms with E-state index in [4.69, 9.17) is 0 Å². The lowest BCUT2D eigenvalue weighted by molar-refractivity contribution is -0.128. The third-order valence-electron chi connectivity index (χ3n) is 7.17. The molecule has 2 fully saturated rings. The van der Waals surface area contributed by atoms with Crippen LogP contribution in [0.5, 0.6) is 0 Å². The van der Waals surface area contributed by atoms with Gasteiger partial charge in [-0.15, -0.1) is 0 Å². The van der Waals surface area contributed by atoms with Crippen LogP contribution < -0.4 is 5.32 Å². The van der Waals surface area contributed by atoms with Gasteiger partial charge in [0.2, 0.25) is 5.91 Å². The van der Waals surface area contributed by atoms with Crippen molar-refractivity contribution in [1.82, 2.24) is 15.1 Å². The summed E-state index contributed by atoms with van der Waals surface area (Å²) in [4.78, 5) is 17.7. The summed E-state index contributed by atoms with van der Waals surface area (Å²) in [7, 11) is 0. The molecule has 29 heavy (non-hydrogen) atoms. The van der Waals surface area contributed by atoms with Gasteiger partial charge in [0, 0.05) is 18.6 Å². The highest BCUT2D eigenvalue weighted by Crippen LogP contribution is 2.29. The SMILES string of the molecule is O=C(NC(CO)CO)[C@@H]1CCCN(C2CCN(C3Cc4ccccc4C3)CC2)C1. The first-order chi connectivity index (χ1) is 14.2. The van der Waals surface area contributed by atoms with Crippen LogP contribution in [0.4, 0.5) is 0 Å². The van der Waals surface area contributed by atoms with E-state index in [1.165, 1.54) is 36.8 Å². The van der Waals surface area contributed by atoms with Gasteiger partial charge in [-0.2, -0.15) is 0 Å². The van der Waals surface area contributed by atoms with Crippen molar-refractivity contribution in [3.63, 3.8) is 0 Å². The molecule has 6 heteroatoms. The van der Waals surface area contributed by atoms with Crippen LogP contribution in [0.15, 0.2) is 24.3 Å². The summed E-state index contributed by atoms with van der Waals surface area (Å²) in [6.45, 7) is 3.73. The summed E-state index contributed by atoms with van der Waals surface area (Å²) in [6, 6.07) is 9.54. The molecule has 0 unspecified atom stereocenters. The molecule has 4 rings (SSSR count). The zero-order valence-corrected chi connectivity index (χ0v) is 17.3. The van der Waals surface area contributed by atoms with E-state index < -0.39 is 6.04 Å². The number of aliphatic hydroxyl groups excluding tert-OH is 2. The van der Waals surface area contributed by atoms with E-state index in [1.54, 1.807) is 0 Å². The molecule has 0 aromatic heterocycles. The summed E-state index contributed by atoms with van der Waals surface area (Å²) in [5.74, 6) is -0.0596. The summed E-state index contributed by atoms with van der Waals surface area (Å²) in [6.07, 6.45) is 6.66. The van der Waals surface area contributed by atoms with E-state index in [0.29, 0.717) is 12.1 Å². The number of amides is 1. The monoisotopic (exact) mass is 401 g/mol. The predicted octanol–water partition coefficient (Wildman–Crippen LogP) is 0.800. The van der Waals surface area contributed by atoms with Crippen LogP contribution in [0.25, 0.3) is 0 Å². The molecule has 1 amide bonds. The number of piperidine rings is 2. The maximum atomic E-state index is 12.5. The zero-order valence-electron chi connectivity index (χ0n) is 17.3. The number of likely N-dealkylation sites (tertiary alicyclic amines) is 2. The summed E-state index contributed by atoms with van der Waals surface area (Å²) >= 11 is 0. The molecule has 6 nitrogen and oxygen atoms in total. The Hall–Kier alpha value is -1.47. The maximum Gasteiger partial charge on any atom is 0.224 e. The van der Waals surface area contributed by atoms with Gasteiger partial charge < -0.3 is 15.5 Å². The minimum absolute atomic E-state index is 0.0241. The van der Waals surface area contributed by atoms with Gasteiger partial charge >= 0.3 is 0 Å². The van der Waals surface area contributed by atoms with Crippen LogP contribution in [0.1, 0.15) is 36.8 Å². The van der Waals surface area contributed by atoms with Crippen molar-refractivity contribution in [2.45, 2.75) is 56.7 Å².